The van der Waals surface area contributed by atoms with Crippen molar-refractivity contribution in [3.05, 3.63) is 142 Å². The fourth-order valence-corrected chi connectivity index (χ4v) is 6.71. The number of carbonyl (C=O) groups is 2. The third-order valence-electron chi connectivity index (χ3n) is 7.44. The van der Waals surface area contributed by atoms with Gasteiger partial charge >= 0.3 is 29.6 Å². The molecule has 238 valence electrons. The zero-order valence-corrected chi connectivity index (χ0v) is 30.3. The van der Waals surface area contributed by atoms with Gasteiger partial charge in [0.25, 0.3) is 15.9 Å². The summed E-state index contributed by atoms with van der Waals surface area (Å²) in [6.45, 7) is 4.28. The van der Waals surface area contributed by atoms with Crippen molar-refractivity contribution in [1.29, 1.82) is 0 Å². The predicted octanol–water partition coefficient (Wildman–Crippen LogP) is 4.09. The monoisotopic (exact) mass is 685 g/mol. The van der Waals surface area contributed by atoms with E-state index in [2.05, 4.69) is 15.0 Å². The number of carbonyl (C=O) groups excluding carboxylic acids is 2. The Hall–Kier alpha value is -4.19. The smallest absolute Gasteiger partial charge is 1.00 e. The molecule has 5 aromatic carbocycles. The van der Waals surface area contributed by atoms with Crippen LogP contribution in [0.4, 0.5) is 5.69 Å². The number of amides is 2. The Kier molecular flexibility index (Phi) is 11.2. The molecule has 2 amide bonds. The number of benzene rings is 5. The van der Waals surface area contributed by atoms with Gasteiger partial charge in [-0.3, -0.25) is 9.59 Å². The van der Waals surface area contributed by atoms with Gasteiger partial charge < -0.3 is 11.5 Å². The molecule has 0 atom stereocenters. The van der Waals surface area contributed by atoms with Gasteiger partial charge in [-0.1, -0.05) is 83.9 Å². The van der Waals surface area contributed by atoms with Gasteiger partial charge in [0.2, 0.25) is 5.91 Å². The van der Waals surface area contributed by atoms with Crippen LogP contribution in [0.25, 0.3) is 16.8 Å². The topological polar surface area (TPSA) is 114 Å². The molecule has 8 nitrogen and oxygen atoms in total. The number of nitrogens with one attached hydrogen (secondary N) is 2. The van der Waals surface area contributed by atoms with E-state index in [4.69, 9.17) is 4.74 Å². The first-order valence-electron chi connectivity index (χ1n) is 14.8. The molecule has 0 radical (unpaired) electrons. The van der Waals surface area contributed by atoms with Crippen LogP contribution in [-0.4, -0.2) is 25.4 Å². The van der Waals surface area contributed by atoms with E-state index in [0.29, 0.717) is 33.7 Å². The van der Waals surface area contributed by atoms with Crippen LogP contribution in [0.1, 0.15) is 29.2 Å². The van der Waals surface area contributed by atoms with Crippen molar-refractivity contribution >= 4 is 61.3 Å². The third kappa shape index (κ3) is 8.83. The van der Waals surface area contributed by atoms with Gasteiger partial charge in [-0.05, 0) is 90.0 Å². The van der Waals surface area contributed by atoms with Crippen molar-refractivity contribution in [1.82, 2.24) is 10.0 Å². The molecule has 1 fully saturated rings. The van der Waals surface area contributed by atoms with Crippen LogP contribution in [0.2, 0.25) is 0 Å². The van der Waals surface area contributed by atoms with E-state index < -0.39 is 15.9 Å². The molecular weight excluding hydrogens is 654 g/mol. The Morgan fingerprint density at radius 2 is 1.48 bits per heavy atom. The molecule has 5 aromatic rings. The van der Waals surface area contributed by atoms with E-state index in [0.717, 1.165) is 27.5 Å². The molecule has 11 heteroatoms. The molecule has 1 saturated heterocycles. The number of fused-ring (bicyclic) bond motifs is 1. The second kappa shape index (κ2) is 15.4. The molecule has 1 aliphatic heterocycles. The Morgan fingerprint density at radius 3 is 2.15 bits per heavy atom. The second-order valence-corrected chi connectivity index (χ2v) is 13.9. The van der Waals surface area contributed by atoms with Gasteiger partial charge in [0.1, 0.15) is 12.4 Å². The van der Waals surface area contributed by atoms with Gasteiger partial charge in [-0.2, -0.15) is 0 Å². The zero-order chi connectivity index (χ0) is 33.0. The Morgan fingerprint density at radius 1 is 0.875 bits per heavy atom. The number of amidine groups is 1. The van der Waals surface area contributed by atoms with Gasteiger partial charge in [0, 0.05) is 5.56 Å². The number of nitrogens with zero attached hydrogens (tertiary/aromatic N) is 1. The van der Waals surface area contributed by atoms with Gasteiger partial charge in [0.05, 0.1) is 21.9 Å². The van der Waals surface area contributed by atoms with Gasteiger partial charge in [-0.25, -0.2) is 18.1 Å². The fraction of sp³-hybridized carbons (Fsp3) is 0.108. The van der Waals surface area contributed by atoms with Crippen molar-refractivity contribution in [3.8, 4) is 5.75 Å². The van der Waals surface area contributed by atoms with E-state index in [1.54, 1.807) is 36.4 Å². The number of ether oxygens (including phenoxy) is 1. The van der Waals surface area contributed by atoms with Crippen LogP contribution < -0.4 is 44.3 Å². The molecule has 1 heterocycles. The number of rotatable bonds is 9. The van der Waals surface area contributed by atoms with Crippen molar-refractivity contribution in [2.75, 3.05) is 0 Å². The molecule has 0 bridgehead atoms. The van der Waals surface area contributed by atoms with Crippen molar-refractivity contribution in [3.63, 3.8) is 0 Å². The Labute approximate surface area is 307 Å². The maximum absolute atomic E-state index is 13.0. The van der Waals surface area contributed by atoms with Crippen LogP contribution in [0.5, 0.6) is 5.75 Å². The number of aliphatic imine (C=N–C) groups is 1. The summed E-state index contributed by atoms with van der Waals surface area (Å²) in [7, 11) is -3.96. The van der Waals surface area contributed by atoms with Crippen LogP contribution in [-0.2, 0) is 32.6 Å². The predicted molar refractivity (Wildman–Crippen MR) is 188 cm³/mol. The largest absolute Gasteiger partial charge is 1.00 e. The third-order valence-corrected chi connectivity index (χ3v) is 9.74. The molecule has 2 N–H and O–H groups in total. The first-order valence-corrected chi connectivity index (χ1v) is 17.1. The van der Waals surface area contributed by atoms with Crippen molar-refractivity contribution < 1.29 is 53.7 Å². The molecule has 0 saturated carbocycles. The first-order chi connectivity index (χ1) is 22.6. The quantitative estimate of drug-likeness (QED) is 0.179. The second-order valence-electron chi connectivity index (χ2n) is 11.2. The van der Waals surface area contributed by atoms with Gasteiger partial charge in [-0.15, -0.1) is 0 Å². The molecular formula is C37H32N3NaO5S2. The summed E-state index contributed by atoms with van der Waals surface area (Å²) in [6.07, 6.45) is 1.69. The molecule has 0 aliphatic carbocycles. The Bertz CT molecular complexity index is 2150. The van der Waals surface area contributed by atoms with Crippen molar-refractivity contribution in [2.45, 2.75) is 31.8 Å². The molecule has 0 spiro atoms. The average Bonchev–Trinajstić information content (AvgIpc) is 3.39. The molecule has 1 aliphatic rings. The minimum Gasteiger partial charge on any atom is -1.00 e. The molecule has 48 heavy (non-hydrogen) atoms. The summed E-state index contributed by atoms with van der Waals surface area (Å²) in [5.41, 5.74) is 5.10. The van der Waals surface area contributed by atoms with Crippen LogP contribution >= 0.6 is 11.8 Å². The number of hydrogen-bond donors (Lipinski definition) is 2. The maximum Gasteiger partial charge on any atom is 1.00 e. The average molecular weight is 686 g/mol. The van der Waals surface area contributed by atoms with Crippen LogP contribution in [0.15, 0.2) is 124 Å². The zero-order valence-electron chi connectivity index (χ0n) is 27.7. The summed E-state index contributed by atoms with van der Waals surface area (Å²) in [5, 5.41) is 5.30. The summed E-state index contributed by atoms with van der Waals surface area (Å²) in [4.78, 5) is 30.5. The molecule has 0 unspecified atom stereocenters. The fourth-order valence-electron chi connectivity index (χ4n) is 4.90. The standard InChI is InChI=1S/C37H31N3O5S2.Na.H/c1-24-7-11-27(12-8-24)23-45-33-21-29-6-4-3-5-28(29)20-30(33)22-34-36(42)39-37(46-34)38-31-15-13-26(14-16-31)19-35(41)40-47(43,44)32-17-9-25(2)10-18-32;;/h3-18,20-22H,19,23H2,1-2H3,(H,40,41)(H,38,39,42);;/q;+1;-1/b34-22+;;. The molecule has 0 aromatic heterocycles. The van der Waals surface area contributed by atoms with Crippen LogP contribution in [0.3, 0.4) is 0 Å². The van der Waals surface area contributed by atoms with E-state index >= 15 is 0 Å². The minimum absolute atomic E-state index is 0. The number of hydrogen-bond acceptors (Lipinski definition) is 7. The summed E-state index contributed by atoms with van der Waals surface area (Å²) in [6, 6.07) is 33.2. The normalized spacial score (nSPS) is 14.5. The van der Waals surface area contributed by atoms with E-state index in [1.165, 1.54) is 29.5 Å². The van der Waals surface area contributed by atoms with E-state index in [-0.39, 0.29) is 48.2 Å². The van der Waals surface area contributed by atoms with Crippen molar-refractivity contribution in [2.24, 2.45) is 4.99 Å². The number of thioether (sulfide) groups is 1. The number of aryl methyl sites for hydroxylation is 2. The molecule has 6 rings (SSSR count). The first kappa shape index (κ1) is 35.1. The summed E-state index contributed by atoms with van der Waals surface area (Å²) < 4.78 is 33.4. The summed E-state index contributed by atoms with van der Waals surface area (Å²) >= 11 is 1.22. The van der Waals surface area contributed by atoms with Crippen LogP contribution in [0, 0.1) is 13.8 Å². The maximum atomic E-state index is 13.0. The SMILES string of the molecule is Cc1ccc(COc2cc3ccccc3cc2/C=C2/SC(=Nc3ccc(CC(=O)NS(=O)(=O)c4ccc(C)cc4)cc3)NC2=O)cc1.[H-].[Na+]. The van der Waals surface area contributed by atoms with E-state index in [9.17, 15) is 18.0 Å². The Balaban J connectivity index is 0.00000270. The summed E-state index contributed by atoms with van der Waals surface area (Å²) in [5.74, 6) is -0.245. The van der Waals surface area contributed by atoms with E-state index in [1.807, 2.05) is 80.6 Å². The van der Waals surface area contributed by atoms with Gasteiger partial charge in [0.15, 0.2) is 5.17 Å². The number of sulfonamides is 1. The minimum atomic E-state index is -3.96.